The molecule has 1 atom stereocenters. The lowest BCUT2D eigenvalue weighted by atomic mass is 9.90. The van der Waals surface area contributed by atoms with Crippen molar-refractivity contribution in [2.75, 3.05) is 13.1 Å². The van der Waals surface area contributed by atoms with Crippen molar-refractivity contribution in [2.24, 2.45) is 20.0 Å². The van der Waals surface area contributed by atoms with E-state index in [1.54, 1.807) is 6.20 Å². The molecule has 128 valence electrons. The van der Waals surface area contributed by atoms with Gasteiger partial charge in [0.25, 0.3) is 0 Å². The molecule has 1 aliphatic heterocycles. The number of piperidine rings is 1. The van der Waals surface area contributed by atoms with Gasteiger partial charge in [0.05, 0.1) is 0 Å². The van der Waals surface area contributed by atoms with Crippen LogP contribution >= 0.6 is 0 Å². The zero-order valence-corrected chi connectivity index (χ0v) is 14.6. The molecule has 1 N–H and O–H groups in total. The van der Waals surface area contributed by atoms with Crippen molar-refractivity contribution in [1.82, 2.24) is 19.0 Å². The Morgan fingerprint density at radius 2 is 2.08 bits per heavy atom. The fraction of sp³-hybridized carbons (Fsp3) is 0.556. The molecule has 1 aliphatic rings. The molecule has 1 unspecified atom stereocenters. The van der Waals surface area contributed by atoms with E-state index in [2.05, 4.69) is 22.9 Å². The Morgan fingerprint density at radius 3 is 2.62 bits per heavy atom. The number of nitrogens with zero attached hydrogens (tertiary/aromatic N) is 5. The molecule has 6 nitrogen and oxygen atoms in total. The van der Waals surface area contributed by atoms with Crippen molar-refractivity contribution >= 4 is 0 Å². The van der Waals surface area contributed by atoms with Gasteiger partial charge in [-0.15, -0.1) is 0 Å². The smallest absolute Gasteiger partial charge is 0.137 e. The number of nitriles is 1. The minimum Gasteiger partial charge on any atom is -0.385 e. The van der Waals surface area contributed by atoms with Gasteiger partial charge in [-0.25, -0.2) is 4.98 Å². The Balaban J connectivity index is 1.60. The van der Waals surface area contributed by atoms with E-state index in [-0.39, 0.29) is 5.92 Å². The minimum atomic E-state index is -0.490. The van der Waals surface area contributed by atoms with E-state index < -0.39 is 6.10 Å². The topological polar surface area (TPSA) is 70.0 Å². The molecular weight excluding hydrogens is 302 g/mol. The van der Waals surface area contributed by atoms with Crippen molar-refractivity contribution in [3.05, 3.63) is 41.2 Å². The number of imidazole rings is 1. The van der Waals surface area contributed by atoms with Gasteiger partial charge in [-0.2, -0.15) is 5.26 Å². The van der Waals surface area contributed by atoms with Crippen LogP contribution in [0.5, 0.6) is 0 Å². The van der Waals surface area contributed by atoms with E-state index in [0.29, 0.717) is 5.69 Å². The summed E-state index contributed by atoms with van der Waals surface area (Å²) in [6.45, 7) is 4.85. The summed E-state index contributed by atoms with van der Waals surface area (Å²) in [5.41, 5.74) is 3.08. The highest BCUT2D eigenvalue weighted by molar-refractivity contribution is 5.34. The van der Waals surface area contributed by atoms with Gasteiger partial charge < -0.3 is 14.2 Å². The highest BCUT2D eigenvalue weighted by Gasteiger charge is 2.28. The van der Waals surface area contributed by atoms with Crippen molar-refractivity contribution in [3.63, 3.8) is 0 Å². The normalized spacial score (nSPS) is 17.8. The number of hydrogen-bond acceptors (Lipinski definition) is 4. The van der Waals surface area contributed by atoms with Crippen LogP contribution in [-0.4, -0.2) is 37.2 Å². The van der Waals surface area contributed by atoms with Crippen LogP contribution in [0.1, 0.15) is 41.7 Å². The molecule has 0 aliphatic carbocycles. The number of aryl methyl sites for hydroxylation is 1. The summed E-state index contributed by atoms with van der Waals surface area (Å²) in [4.78, 5) is 6.68. The third kappa shape index (κ3) is 3.10. The molecule has 2 aromatic rings. The average molecular weight is 327 g/mol. The van der Waals surface area contributed by atoms with E-state index in [1.165, 1.54) is 5.56 Å². The van der Waals surface area contributed by atoms with E-state index in [4.69, 9.17) is 5.26 Å². The van der Waals surface area contributed by atoms with Crippen LogP contribution in [0.3, 0.4) is 0 Å². The second-order valence-electron chi connectivity index (χ2n) is 6.77. The summed E-state index contributed by atoms with van der Waals surface area (Å²) in [6.07, 6.45) is 5.05. The van der Waals surface area contributed by atoms with Crippen LogP contribution in [0.25, 0.3) is 0 Å². The summed E-state index contributed by atoms with van der Waals surface area (Å²) in [7, 11) is 3.86. The molecule has 0 spiro atoms. The molecule has 0 bridgehead atoms. The van der Waals surface area contributed by atoms with Gasteiger partial charge in [-0.1, -0.05) is 0 Å². The lowest BCUT2D eigenvalue weighted by Crippen LogP contribution is -2.35. The van der Waals surface area contributed by atoms with E-state index in [1.807, 2.05) is 35.5 Å². The Bertz CT molecular complexity index is 746. The summed E-state index contributed by atoms with van der Waals surface area (Å²) >= 11 is 0. The molecule has 3 rings (SSSR count). The minimum absolute atomic E-state index is 0.258. The van der Waals surface area contributed by atoms with E-state index >= 15 is 0 Å². The predicted molar refractivity (Wildman–Crippen MR) is 91.0 cm³/mol. The van der Waals surface area contributed by atoms with Gasteiger partial charge in [-0.05, 0) is 50.4 Å². The Labute approximate surface area is 143 Å². The maximum absolute atomic E-state index is 10.6. The van der Waals surface area contributed by atoms with Crippen LogP contribution in [0.2, 0.25) is 0 Å². The number of rotatable bonds is 4. The maximum atomic E-state index is 10.6. The molecule has 2 aromatic heterocycles. The van der Waals surface area contributed by atoms with Gasteiger partial charge in [0, 0.05) is 38.7 Å². The third-order valence-electron chi connectivity index (χ3n) is 5.35. The molecular formula is C18H25N5O. The average Bonchev–Trinajstić information content (AvgIpc) is 3.13. The summed E-state index contributed by atoms with van der Waals surface area (Å²) in [5, 5.41) is 19.7. The first kappa shape index (κ1) is 16.7. The Morgan fingerprint density at radius 1 is 1.38 bits per heavy atom. The first-order valence-corrected chi connectivity index (χ1v) is 8.44. The fourth-order valence-electron chi connectivity index (χ4n) is 3.57. The van der Waals surface area contributed by atoms with Crippen LogP contribution in [0.15, 0.2) is 18.5 Å². The lowest BCUT2D eigenvalue weighted by molar-refractivity contribution is 0.0491. The lowest BCUT2D eigenvalue weighted by Gasteiger charge is -2.34. The zero-order valence-electron chi connectivity index (χ0n) is 14.6. The molecule has 6 heteroatoms. The van der Waals surface area contributed by atoms with Crippen LogP contribution in [0, 0.1) is 24.2 Å². The SMILES string of the molecule is Cc1c(CN2CCC(C(O)c3nccn3C)CC2)cc(C#N)n1C. The quantitative estimate of drug-likeness (QED) is 0.931. The van der Waals surface area contributed by atoms with Gasteiger partial charge in [0.1, 0.15) is 23.7 Å². The van der Waals surface area contributed by atoms with Crippen molar-refractivity contribution in [1.29, 1.82) is 5.26 Å². The number of likely N-dealkylation sites (tertiary alicyclic amines) is 1. The molecule has 0 radical (unpaired) electrons. The van der Waals surface area contributed by atoms with E-state index in [9.17, 15) is 5.11 Å². The van der Waals surface area contributed by atoms with Gasteiger partial charge >= 0.3 is 0 Å². The Kier molecular flexibility index (Phi) is 4.74. The van der Waals surface area contributed by atoms with Gasteiger partial charge in [0.15, 0.2) is 0 Å². The highest BCUT2D eigenvalue weighted by atomic mass is 16.3. The first-order valence-electron chi connectivity index (χ1n) is 8.44. The first-order chi connectivity index (χ1) is 11.5. The monoisotopic (exact) mass is 327 g/mol. The number of aliphatic hydroxyl groups excluding tert-OH is 1. The molecule has 1 fully saturated rings. The number of aromatic nitrogens is 3. The molecule has 3 heterocycles. The second kappa shape index (κ2) is 6.80. The van der Waals surface area contributed by atoms with Gasteiger partial charge in [0.2, 0.25) is 0 Å². The summed E-state index contributed by atoms with van der Waals surface area (Å²) < 4.78 is 3.85. The summed E-state index contributed by atoms with van der Waals surface area (Å²) in [5.74, 6) is 1.01. The van der Waals surface area contributed by atoms with Crippen LogP contribution in [-0.2, 0) is 20.6 Å². The molecule has 24 heavy (non-hydrogen) atoms. The highest BCUT2D eigenvalue weighted by Crippen LogP contribution is 2.30. The molecule has 1 saturated heterocycles. The fourth-order valence-corrected chi connectivity index (χ4v) is 3.57. The van der Waals surface area contributed by atoms with E-state index in [0.717, 1.165) is 44.0 Å². The standard InChI is InChI=1S/C18H25N5O/c1-13-15(10-16(11-19)22(13)3)12-23-7-4-14(5-8-23)17(24)18-20-6-9-21(18)2/h6,9-10,14,17,24H,4-5,7-8,12H2,1-3H3. The number of aliphatic hydroxyl groups is 1. The predicted octanol–water partition coefficient (Wildman–Crippen LogP) is 1.88. The maximum Gasteiger partial charge on any atom is 0.137 e. The van der Waals surface area contributed by atoms with Crippen molar-refractivity contribution < 1.29 is 5.11 Å². The molecule has 0 saturated carbocycles. The number of hydrogen-bond donors (Lipinski definition) is 1. The zero-order chi connectivity index (χ0) is 17.3. The van der Waals surface area contributed by atoms with Crippen molar-refractivity contribution in [3.8, 4) is 6.07 Å². The third-order valence-corrected chi connectivity index (χ3v) is 5.35. The van der Waals surface area contributed by atoms with Crippen molar-refractivity contribution in [2.45, 2.75) is 32.4 Å². The Hall–Kier alpha value is -2.10. The molecule has 0 aromatic carbocycles. The van der Waals surface area contributed by atoms with Crippen LogP contribution < -0.4 is 0 Å². The second-order valence-corrected chi connectivity index (χ2v) is 6.77. The molecule has 0 amide bonds. The van der Waals surface area contributed by atoms with Gasteiger partial charge in [-0.3, -0.25) is 4.90 Å². The largest absolute Gasteiger partial charge is 0.385 e. The van der Waals surface area contributed by atoms with Crippen LogP contribution in [0.4, 0.5) is 0 Å². The summed E-state index contributed by atoms with van der Waals surface area (Å²) in [6, 6.07) is 4.23.